The molecule has 2 rings (SSSR count). The van der Waals surface area contributed by atoms with E-state index >= 15 is 0 Å². The number of aromatic nitrogens is 1. The molecule has 2 N–H and O–H groups in total. The van der Waals surface area contributed by atoms with Gasteiger partial charge in [0.25, 0.3) is 0 Å². The number of hydrogen-bond donors (Lipinski definition) is 2. The van der Waals surface area contributed by atoms with Crippen molar-refractivity contribution in [3.05, 3.63) is 28.6 Å². The maximum Gasteiger partial charge on any atom is 0.310 e. The van der Waals surface area contributed by atoms with Crippen molar-refractivity contribution in [2.24, 2.45) is 0 Å². The highest BCUT2D eigenvalue weighted by Crippen LogP contribution is 2.24. The molecule has 1 saturated heterocycles. The van der Waals surface area contributed by atoms with Gasteiger partial charge in [-0.15, -0.1) is 0 Å². The van der Waals surface area contributed by atoms with Crippen molar-refractivity contribution in [3.63, 3.8) is 0 Å². The van der Waals surface area contributed by atoms with Crippen LogP contribution in [0.15, 0.2) is 18.5 Å². The molecule has 0 amide bonds. The lowest BCUT2D eigenvalue weighted by atomic mass is 10.2. The number of anilines is 1. The van der Waals surface area contributed by atoms with Gasteiger partial charge in [-0.1, -0.05) is 0 Å². The van der Waals surface area contributed by atoms with Gasteiger partial charge < -0.3 is 15.4 Å². The molecule has 0 aliphatic carbocycles. The van der Waals surface area contributed by atoms with Crippen LogP contribution in [0.4, 0.5) is 11.4 Å². The van der Waals surface area contributed by atoms with E-state index in [9.17, 15) is 10.1 Å². The predicted octanol–water partition coefficient (Wildman–Crippen LogP) is 0.388. The lowest BCUT2D eigenvalue weighted by Crippen LogP contribution is -2.33. The predicted molar refractivity (Wildman–Crippen MR) is 62.0 cm³/mol. The largest absolute Gasteiger partial charge is 0.378 e. The molecule has 0 spiro atoms. The standard InChI is InChI=1S/C10H14N4O3/c1-17-10-6-12-4-8(10)13-7-2-3-11-5-9(7)14(15)16/h2-3,5,8,10,12H,4,6H2,1H3,(H,11,13)/t8?,10-/m0/s1. The number of pyridine rings is 1. The molecule has 1 aromatic heterocycles. The van der Waals surface area contributed by atoms with E-state index in [4.69, 9.17) is 4.74 Å². The Bertz CT molecular complexity index is 412. The Morgan fingerprint density at radius 2 is 2.47 bits per heavy atom. The minimum Gasteiger partial charge on any atom is -0.378 e. The molecule has 92 valence electrons. The molecule has 1 unspecified atom stereocenters. The third kappa shape index (κ3) is 2.51. The maximum atomic E-state index is 10.8. The van der Waals surface area contributed by atoms with Crippen LogP contribution < -0.4 is 10.6 Å². The molecule has 1 aliphatic rings. The van der Waals surface area contributed by atoms with Crippen LogP contribution in [-0.2, 0) is 4.74 Å². The number of methoxy groups -OCH3 is 1. The zero-order chi connectivity index (χ0) is 12.3. The summed E-state index contributed by atoms with van der Waals surface area (Å²) >= 11 is 0. The molecule has 2 heterocycles. The first-order valence-electron chi connectivity index (χ1n) is 5.31. The number of hydrogen-bond acceptors (Lipinski definition) is 6. The van der Waals surface area contributed by atoms with Crippen molar-refractivity contribution in [1.29, 1.82) is 0 Å². The number of nitrogens with zero attached hydrogens (tertiary/aromatic N) is 2. The summed E-state index contributed by atoms with van der Waals surface area (Å²) in [4.78, 5) is 14.1. The average Bonchev–Trinajstić information content (AvgIpc) is 2.77. The summed E-state index contributed by atoms with van der Waals surface area (Å²) in [5.74, 6) is 0. The summed E-state index contributed by atoms with van der Waals surface area (Å²) in [6.45, 7) is 1.46. The highest BCUT2D eigenvalue weighted by atomic mass is 16.6. The molecule has 7 nitrogen and oxygen atoms in total. The van der Waals surface area contributed by atoms with Crippen LogP contribution in [0.2, 0.25) is 0 Å². The van der Waals surface area contributed by atoms with Gasteiger partial charge in [0.2, 0.25) is 0 Å². The second kappa shape index (κ2) is 5.07. The van der Waals surface area contributed by atoms with Gasteiger partial charge in [-0.2, -0.15) is 0 Å². The molecule has 1 aromatic rings. The number of nitrogens with one attached hydrogen (secondary N) is 2. The van der Waals surface area contributed by atoms with E-state index in [2.05, 4.69) is 15.6 Å². The molecule has 7 heteroatoms. The molecule has 0 aromatic carbocycles. The van der Waals surface area contributed by atoms with E-state index < -0.39 is 4.92 Å². The minimum absolute atomic E-state index is 0.0165. The summed E-state index contributed by atoms with van der Waals surface area (Å²) in [6, 6.07) is 1.63. The Kier molecular flexibility index (Phi) is 3.50. The summed E-state index contributed by atoms with van der Waals surface area (Å²) in [7, 11) is 1.63. The highest BCUT2D eigenvalue weighted by molar-refractivity contribution is 5.60. The fraction of sp³-hybridized carbons (Fsp3) is 0.500. The second-order valence-corrected chi connectivity index (χ2v) is 3.83. The van der Waals surface area contributed by atoms with Gasteiger partial charge in [-0.3, -0.25) is 15.1 Å². The zero-order valence-electron chi connectivity index (χ0n) is 9.42. The fourth-order valence-corrected chi connectivity index (χ4v) is 1.90. The van der Waals surface area contributed by atoms with Crippen molar-refractivity contribution in [3.8, 4) is 0 Å². The van der Waals surface area contributed by atoms with Crippen LogP contribution in [0.1, 0.15) is 0 Å². The topological polar surface area (TPSA) is 89.3 Å². The molecular formula is C10H14N4O3. The number of nitro groups is 1. The lowest BCUT2D eigenvalue weighted by Gasteiger charge is -2.19. The molecule has 17 heavy (non-hydrogen) atoms. The lowest BCUT2D eigenvalue weighted by molar-refractivity contribution is -0.384. The van der Waals surface area contributed by atoms with Crippen molar-refractivity contribution < 1.29 is 9.66 Å². The van der Waals surface area contributed by atoms with Crippen LogP contribution in [-0.4, -0.2) is 42.3 Å². The average molecular weight is 238 g/mol. The normalized spacial score (nSPS) is 23.6. The minimum atomic E-state index is -0.445. The van der Waals surface area contributed by atoms with E-state index in [-0.39, 0.29) is 17.8 Å². The van der Waals surface area contributed by atoms with Crippen LogP contribution >= 0.6 is 0 Å². The molecule has 0 bridgehead atoms. The van der Waals surface area contributed by atoms with E-state index in [1.54, 1.807) is 13.2 Å². The first-order chi connectivity index (χ1) is 8.22. The third-order valence-corrected chi connectivity index (χ3v) is 2.80. The van der Waals surface area contributed by atoms with Gasteiger partial charge in [-0.25, -0.2) is 0 Å². The summed E-state index contributed by atoms with van der Waals surface area (Å²) in [6.07, 6.45) is 2.79. The first-order valence-corrected chi connectivity index (χ1v) is 5.31. The first kappa shape index (κ1) is 11.7. The van der Waals surface area contributed by atoms with Crippen LogP contribution in [0, 0.1) is 10.1 Å². The fourth-order valence-electron chi connectivity index (χ4n) is 1.90. The zero-order valence-corrected chi connectivity index (χ0v) is 9.42. The van der Waals surface area contributed by atoms with Crippen LogP contribution in [0.5, 0.6) is 0 Å². The van der Waals surface area contributed by atoms with Gasteiger partial charge in [0, 0.05) is 26.4 Å². The summed E-state index contributed by atoms with van der Waals surface area (Å²) in [5, 5.41) is 17.1. The van der Waals surface area contributed by atoms with E-state index in [0.717, 1.165) is 13.1 Å². The van der Waals surface area contributed by atoms with Gasteiger partial charge >= 0.3 is 5.69 Å². The SMILES string of the molecule is CO[C@H]1CNCC1Nc1ccncc1[N+](=O)[O-]. The Hall–Kier alpha value is -1.73. The van der Waals surface area contributed by atoms with Gasteiger partial charge in [0.05, 0.1) is 17.1 Å². The third-order valence-electron chi connectivity index (χ3n) is 2.80. The van der Waals surface area contributed by atoms with E-state index in [1.807, 2.05) is 0 Å². The molecule has 1 aliphatic heterocycles. The summed E-state index contributed by atoms with van der Waals surface area (Å²) < 4.78 is 5.29. The second-order valence-electron chi connectivity index (χ2n) is 3.83. The van der Waals surface area contributed by atoms with Gasteiger partial charge in [-0.05, 0) is 6.07 Å². The van der Waals surface area contributed by atoms with Crippen molar-refractivity contribution >= 4 is 11.4 Å². The maximum absolute atomic E-state index is 10.8. The molecule has 1 fully saturated rings. The Labute approximate surface area is 98.3 Å². The van der Waals surface area contributed by atoms with Crippen LogP contribution in [0.25, 0.3) is 0 Å². The van der Waals surface area contributed by atoms with Crippen molar-refractivity contribution in [2.75, 3.05) is 25.5 Å². The smallest absolute Gasteiger partial charge is 0.310 e. The Balaban J connectivity index is 2.15. The van der Waals surface area contributed by atoms with Crippen LogP contribution in [0.3, 0.4) is 0 Å². The van der Waals surface area contributed by atoms with Crippen molar-refractivity contribution in [1.82, 2.24) is 10.3 Å². The number of rotatable bonds is 4. The van der Waals surface area contributed by atoms with E-state index in [0.29, 0.717) is 5.69 Å². The Morgan fingerprint density at radius 3 is 3.18 bits per heavy atom. The van der Waals surface area contributed by atoms with Gasteiger partial charge in [0.15, 0.2) is 0 Å². The molecule has 0 radical (unpaired) electrons. The molecule has 2 atom stereocenters. The quantitative estimate of drug-likeness (QED) is 0.582. The van der Waals surface area contributed by atoms with Crippen molar-refractivity contribution in [2.45, 2.75) is 12.1 Å². The monoisotopic (exact) mass is 238 g/mol. The van der Waals surface area contributed by atoms with Gasteiger partial charge in [0.1, 0.15) is 11.9 Å². The highest BCUT2D eigenvalue weighted by Gasteiger charge is 2.28. The summed E-state index contributed by atoms with van der Waals surface area (Å²) in [5.41, 5.74) is 0.454. The molecule has 0 saturated carbocycles. The molecular weight excluding hydrogens is 224 g/mol. The Morgan fingerprint density at radius 1 is 1.65 bits per heavy atom. The number of ether oxygens (including phenoxy) is 1. The van der Waals surface area contributed by atoms with E-state index in [1.165, 1.54) is 12.4 Å².